The summed E-state index contributed by atoms with van der Waals surface area (Å²) >= 11 is 0. The molecule has 142 valence electrons. The number of aromatic nitrogens is 2. The van der Waals surface area contributed by atoms with Crippen LogP contribution >= 0.6 is 0 Å². The van der Waals surface area contributed by atoms with Crippen molar-refractivity contribution in [1.82, 2.24) is 9.78 Å². The van der Waals surface area contributed by atoms with E-state index in [-0.39, 0.29) is 17.8 Å². The summed E-state index contributed by atoms with van der Waals surface area (Å²) in [5, 5.41) is 7.55. The summed E-state index contributed by atoms with van der Waals surface area (Å²) in [5.74, 6) is 0.152. The Labute approximate surface area is 163 Å². The van der Waals surface area contributed by atoms with Crippen molar-refractivity contribution in [2.24, 2.45) is 0 Å². The fraction of sp³-hybridized carbons (Fsp3) is 0.227. The second-order valence-electron chi connectivity index (χ2n) is 7.07. The molecule has 6 heteroatoms. The van der Waals surface area contributed by atoms with Gasteiger partial charge in [0.2, 0.25) is 5.91 Å². The molecule has 1 aromatic heterocycles. The van der Waals surface area contributed by atoms with Crippen LogP contribution in [0.2, 0.25) is 0 Å². The molecule has 1 amide bonds. The summed E-state index contributed by atoms with van der Waals surface area (Å²) in [5.41, 5.74) is 5.56. The van der Waals surface area contributed by atoms with Crippen LogP contribution in [0, 0.1) is 13.8 Å². The molecule has 0 saturated heterocycles. The summed E-state index contributed by atoms with van der Waals surface area (Å²) in [4.78, 5) is 24.1. The molecule has 0 bridgehead atoms. The molecule has 1 atom stereocenters. The van der Waals surface area contributed by atoms with E-state index in [1.165, 1.54) is 7.11 Å². The highest BCUT2D eigenvalue weighted by molar-refractivity contribution is 5.95. The second kappa shape index (κ2) is 6.96. The van der Waals surface area contributed by atoms with Crippen LogP contribution in [0.5, 0.6) is 0 Å². The van der Waals surface area contributed by atoms with Gasteiger partial charge in [0.05, 0.1) is 24.6 Å². The van der Waals surface area contributed by atoms with Crippen molar-refractivity contribution in [2.45, 2.75) is 26.2 Å². The number of hydrogen-bond donors (Lipinski definition) is 1. The van der Waals surface area contributed by atoms with E-state index in [0.717, 1.165) is 27.9 Å². The van der Waals surface area contributed by atoms with Gasteiger partial charge < -0.3 is 10.1 Å². The first kappa shape index (κ1) is 18.0. The molecule has 0 aliphatic carbocycles. The van der Waals surface area contributed by atoms with Crippen molar-refractivity contribution in [2.75, 3.05) is 12.4 Å². The van der Waals surface area contributed by atoms with Gasteiger partial charge in [-0.3, -0.25) is 4.79 Å². The third-order valence-electron chi connectivity index (χ3n) is 5.15. The first-order valence-corrected chi connectivity index (χ1v) is 9.11. The van der Waals surface area contributed by atoms with E-state index < -0.39 is 0 Å². The lowest BCUT2D eigenvalue weighted by molar-refractivity contribution is -0.116. The number of rotatable bonds is 3. The predicted molar refractivity (Wildman–Crippen MR) is 106 cm³/mol. The highest BCUT2D eigenvalue weighted by atomic mass is 16.5. The minimum absolute atomic E-state index is 0.0541. The van der Waals surface area contributed by atoms with Gasteiger partial charge in [-0.25, -0.2) is 9.48 Å². The number of esters is 1. The number of aryl methyl sites for hydroxylation is 2. The Balaban J connectivity index is 1.76. The molecule has 1 aliphatic rings. The molecule has 1 N–H and O–H groups in total. The number of fused-ring (bicyclic) bond motifs is 1. The SMILES string of the molecule is COC(=O)c1ccc([C@H]2CC(=O)Nc3c2cnn3-c2cc(C)ccc2C)cc1. The minimum atomic E-state index is -0.378. The number of carbonyl (C=O) groups excluding carboxylic acids is 2. The van der Waals surface area contributed by atoms with Crippen molar-refractivity contribution >= 4 is 17.7 Å². The average Bonchev–Trinajstić information content (AvgIpc) is 3.12. The molecule has 0 radical (unpaired) electrons. The van der Waals surface area contributed by atoms with Crippen LogP contribution in [0.25, 0.3) is 5.69 Å². The molecule has 28 heavy (non-hydrogen) atoms. The molecule has 0 saturated carbocycles. The van der Waals surface area contributed by atoms with Gasteiger partial charge in [-0.1, -0.05) is 24.3 Å². The zero-order chi connectivity index (χ0) is 19.8. The Hall–Kier alpha value is -3.41. The fourth-order valence-corrected chi connectivity index (χ4v) is 3.62. The summed E-state index contributed by atoms with van der Waals surface area (Å²) in [6.07, 6.45) is 2.15. The summed E-state index contributed by atoms with van der Waals surface area (Å²) < 4.78 is 6.55. The molecular weight excluding hydrogens is 354 g/mol. The third-order valence-corrected chi connectivity index (χ3v) is 5.15. The summed E-state index contributed by atoms with van der Waals surface area (Å²) in [6, 6.07) is 13.4. The Kier molecular flexibility index (Phi) is 4.47. The van der Waals surface area contributed by atoms with E-state index in [1.807, 2.05) is 38.2 Å². The van der Waals surface area contributed by atoms with Crippen molar-refractivity contribution in [3.8, 4) is 5.69 Å². The maximum atomic E-state index is 12.4. The van der Waals surface area contributed by atoms with E-state index in [0.29, 0.717) is 17.8 Å². The lowest BCUT2D eigenvalue weighted by atomic mass is 9.87. The summed E-state index contributed by atoms with van der Waals surface area (Å²) in [6.45, 7) is 4.06. The average molecular weight is 375 g/mol. The maximum absolute atomic E-state index is 12.4. The van der Waals surface area contributed by atoms with Crippen LogP contribution in [-0.2, 0) is 9.53 Å². The normalized spacial score (nSPS) is 15.7. The van der Waals surface area contributed by atoms with Gasteiger partial charge in [0.15, 0.2) is 0 Å². The first-order chi connectivity index (χ1) is 13.5. The smallest absolute Gasteiger partial charge is 0.337 e. The Morgan fingerprint density at radius 1 is 1.18 bits per heavy atom. The van der Waals surface area contributed by atoms with Crippen molar-refractivity contribution in [1.29, 1.82) is 0 Å². The second-order valence-corrected chi connectivity index (χ2v) is 7.07. The van der Waals surface area contributed by atoms with Crippen LogP contribution in [0.4, 0.5) is 5.82 Å². The number of carbonyl (C=O) groups is 2. The van der Waals surface area contributed by atoms with Crippen LogP contribution in [0.1, 0.15) is 45.0 Å². The van der Waals surface area contributed by atoms with E-state index in [2.05, 4.69) is 22.5 Å². The molecule has 2 aromatic carbocycles. The largest absolute Gasteiger partial charge is 0.465 e. The molecule has 4 rings (SSSR count). The highest BCUT2D eigenvalue weighted by Crippen LogP contribution is 2.38. The molecule has 0 fully saturated rings. The van der Waals surface area contributed by atoms with Gasteiger partial charge >= 0.3 is 5.97 Å². The first-order valence-electron chi connectivity index (χ1n) is 9.11. The monoisotopic (exact) mass is 375 g/mol. The highest BCUT2D eigenvalue weighted by Gasteiger charge is 2.30. The maximum Gasteiger partial charge on any atom is 0.337 e. The zero-order valence-electron chi connectivity index (χ0n) is 16.0. The zero-order valence-corrected chi connectivity index (χ0v) is 16.0. The molecule has 2 heterocycles. The standard InChI is InChI=1S/C22H21N3O3/c1-13-4-5-14(2)19(10-13)25-21-18(12-23-25)17(11-20(26)24-21)15-6-8-16(9-7-15)22(27)28-3/h4-10,12,17H,11H2,1-3H3,(H,24,26)/t17-/m1/s1. The molecule has 6 nitrogen and oxygen atoms in total. The van der Waals surface area contributed by atoms with Crippen LogP contribution in [0.3, 0.4) is 0 Å². The lowest BCUT2D eigenvalue weighted by Gasteiger charge is -2.24. The van der Waals surface area contributed by atoms with Gasteiger partial charge in [0.1, 0.15) is 5.82 Å². The third kappa shape index (κ3) is 3.07. The number of nitrogens with zero attached hydrogens (tertiary/aromatic N) is 2. The Morgan fingerprint density at radius 3 is 2.64 bits per heavy atom. The number of methoxy groups -OCH3 is 1. The van der Waals surface area contributed by atoms with Crippen molar-refractivity contribution in [3.05, 3.63) is 76.5 Å². The minimum Gasteiger partial charge on any atom is -0.465 e. The van der Waals surface area contributed by atoms with E-state index in [1.54, 1.807) is 16.8 Å². The number of amides is 1. The molecule has 1 aliphatic heterocycles. The number of benzene rings is 2. The lowest BCUT2D eigenvalue weighted by Crippen LogP contribution is -2.24. The topological polar surface area (TPSA) is 73.2 Å². The Bertz CT molecular complexity index is 1070. The van der Waals surface area contributed by atoms with Gasteiger partial charge in [0, 0.05) is 17.9 Å². The van der Waals surface area contributed by atoms with Gasteiger partial charge in [0.25, 0.3) is 0 Å². The van der Waals surface area contributed by atoms with Crippen LogP contribution in [0.15, 0.2) is 48.7 Å². The predicted octanol–water partition coefficient (Wildman–Crippen LogP) is 3.75. The van der Waals surface area contributed by atoms with Gasteiger partial charge in [-0.2, -0.15) is 5.10 Å². The fourth-order valence-electron chi connectivity index (χ4n) is 3.62. The van der Waals surface area contributed by atoms with Crippen LogP contribution < -0.4 is 5.32 Å². The van der Waals surface area contributed by atoms with Crippen molar-refractivity contribution < 1.29 is 14.3 Å². The van der Waals surface area contributed by atoms with Gasteiger partial charge in [-0.05, 0) is 48.7 Å². The molecule has 0 spiro atoms. The van der Waals surface area contributed by atoms with Gasteiger partial charge in [-0.15, -0.1) is 0 Å². The van der Waals surface area contributed by atoms with Crippen LogP contribution in [-0.4, -0.2) is 28.8 Å². The van der Waals surface area contributed by atoms with E-state index in [9.17, 15) is 9.59 Å². The number of nitrogens with one attached hydrogen (secondary N) is 1. The number of anilines is 1. The Morgan fingerprint density at radius 2 is 1.93 bits per heavy atom. The molecule has 3 aromatic rings. The molecule has 0 unspecified atom stereocenters. The summed E-state index contributed by atoms with van der Waals surface area (Å²) in [7, 11) is 1.36. The van der Waals surface area contributed by atoms with Crippen molar-refractivity contribution in [3.63, 3.8) is 0 Å². The van der Waals surface area contributed by atoms with E-state index >= 15 is 0 Å². The van der Waals surface area contributed by atoms with E-state index in [4.69, 9.17) is 4.74 Å². The number of hydrogen-bond acceptors (Lipinski definition) is 4. The molecular formula is C22H21N3O3. The number of ether oxygens (including phenoxy) is 1. The quantitative estimate of drug-likeness (QED) is 0.708.